The molecule has 1 fully saturated rings. The summed E-state index contributed by atoms with van der Waals surface area (Å²) in [5.41, 5.74) is 5.55. The van der Waals surface area contributed by atoms with Crippen LogP contribution in [-0.4, -0.2) is 41.1 Å². The number of nitrogens with one attached hydrogen (secondary N) is 2. The first kappa shape index (κ1) is 14.4. The van der Waals surface area contributed by atoms with Gasteiger partial charge in [0.25, 0.3) is 5.88 Å². The van der Waals surface area contributed by atoms with Crippen LogP contribution in [0.3, 0.4) is 0 Å². The minimum absolute atomic E-state index is 0.162. The number of piperidine rings is 1. The summed E-state index contributed by atoms with van der Waals surface area (Å²) in [7, 11) is 1.50. The van der Waals surface area contributed by atoms with Gasteiger partial charge >= 0.3 is 6.03 Å². The van der Waals surface area contributed by atoms with E-state index in [1.807, 2.05) is 0 Å². The maximum Gasteiger partial charge on any atom is 0.336 e. The van der Waals surface area contributed by atoms with E-state index in [1.165, 1.54) is 19.5 Å². The van der Waals surface area contributed by atoms with Crippen LogP contribution >= 0.6 is 0 Å². The fraction of sp³-hybridized carbons (Fsp3) is 0.615. The maximum absolute atomic E-state index is 12.1. The molecule has 2 rings (SSSR count). The van der Waals surface area contributed by atoms with Gasteiger partial charge in [0.1, 0.15) is 0 Å². The lowest BCUT2D eigenvalue weighted by Gasteiger charge is -2.37. The van der Waals surface area contributed by atoms with Crippen molar-refractivity contribution in [3.05, 3.63) is 12.4 Å². The molecule has 1 aliphatic heterocycles. The highest BCUT2D eigenvalue weighted by Crippen LogP contribution is 2.28. The van der Waals surface area contributed by atoms with E-state index >= 15 is 0 Å². The number of hydrazine groups is 1. The Bertz CT molecular complexity index is 478. The largest absolute Gasteiger partial charge is 0.478 e. The van der Waals surface area contributed by atoms with Crippen molar-refractivity contribution in [2.45, 2.75) is 26.7 Å². The molecule has 0 atom stereocenters. The van der Waals surface area contributed by atoms with Gasteiger partial charge in [-0.05, 0) is 18.3 Å². The molecule has 1 saturated heterocycles. The van der Waals surface area contributed by atoms with Crippen LogP contribution in [0.1, 0.15) is 26.7 Å². The van der Waals surface area contributed by atoms with Crippen LogP contribution in [0.2, 0.25) is 0 Å². The van der Waals surface area contributed by atoms with Gasteiger partial charge in [-0.25, -0.2) is 14.8 Å². The second-order valence-electron chi connectivity index (χ2n) is 5.66. The second-order valence-corrected chi connectivity index (χ2v) is 5.66. The summed E-state index contributed by atoms with van der Waals surface area (Å²) in [5, 5.41) is 0. The molecule has 1 aliphatic rings. The normalized spacial score (nSPS) is 17.4. The number of likely N-dealkylation sites (tertiary alicyclic amines) is 1. The molecule has 1 aromatic rings. The Hall–Kier alpha value is -2.05. The minimum Gasteiger partial charge on any atom is -0.478 e. The number of anilines is 1. The highest BCUT2D eigenvalue weighted by Gasteiger charge is 2.29. The third kappa shape index (κ3) is 3.49. The number of ether oxygens (including phenoxy) is 1. The van der Waals surface area contributed by atoms with Gasteiger partial charge in [0, 0.05) is 25.5 Å². The molecule has 2 heterocycles. The molecular weight excluding hydrogens is 258 g/mol. The van der Waals surface area contributed by atoms with Crippen molar-refractivity contribution in [3.8, 4) is 5.88 Å². The highest BCUT2D eigenvalue weighted by molar-refractivity contribution is 5.75. The standard InChI is InChI=1S/C13H21N5O2/c1-13(2)5-4-8-18(9-13)12(19)17-16-10-11(20-3)15-7-6-14-10/h6-7H,4-5,8-9H2,1-3H3,(H,14,16)(H,17,19). The molecule has 20 heavy (non-hydrogen) atoms. The first-order chi connectivity index (χ1) is 9.52. The van der Waals surface area contributed by atoms with Crippen LogP contribution in [0.15, 0.2) is 12.4 Å². The fourth-order valence-corrected chi connectivity index (χ4v) is 2.35. The Morgan fingerprint density at radius 3 is 2.85 bits per heavy atom. The van der Waals surface area contributed by atoms with Gasteiger partial charge in [-0.2, -0.15) is 0 Å². The van der Waals surface area contributed by atoms with Crippen LogP contribution in [-0.2, 0) is 0 Å². The summed E-state index contributed by atoms with van der Waals surface area (Å²) in [5.74, 6) is 0.728. The molecule has 7 heteroatoms. The summed E-state index contributed by atoms with van der Waals surface area (Å²) < 4.78 is 5.06. The zero-order valence-electron chi connectivity index (χ0n) is 12.1. The van der Waals surface area contributed by atoms with E-state index in [2.05, 4.69) is 34.7 Å². The Balaban J connectivity index is 1.92. The SMILES string of the molecule is COc1nccnc1NNC(=O)N1CCCC(C)(C)C1. The molecule has 0 spiro atoms. The Kier molecular flexibility index (Phi) is 4.26. The number of amides is 2. The van der Waals surface area contributed by atoms with Gasteiger partial charge in [-0.15, -0.1) is 0 Å². The average Bonchev–Trinajstić information content (AvgIpc) is 2.44. The van der Waals surface area contributed by atoms with Crippen molar-refractivity contribution in [1.82, 2.24) is 20.3 Å². The van der Waals surface area contributed by atoms with Gasteiger partial charge in [-0.1, -0.05) is 13.8 Å². The topological polar surface area (TPSA) is 79.4 Å². The highest BCUT2D eigenvalue weighted by atomic mass is 16.5. The molecule has 2 amide bonds. The molecule has 1 aromatic heterocycles. The van der Waals surface area contributed by atoms with E-state index in [0.717, 1.165) is 25.9 Å². The lowest BCUT2D eigenvalue weighted by Crippen LogP contribution is -2.49. The minimum atomic E-state index is -0.162. The third-order valence-corrected chi connectivity index (χ3v) is 3.33. The number of hydrogen-bond acceptors (Lipinski definition) is 5. The number of nitrogens with zero attached hydrogens (tertiary/aromatic N) is 3. The molecule has 7 nitrogen and oxygen atoms in total. The van der Waals surface area contributed by atoms with E-state index in [1.54, 1.807) is 4.90 Å². The van der Waals surface area contributed by atoms with E-state index in [4.69, 9.17) is 4.74 Å². The summed E-state index contributed by atoms with van der Waals surface area (Å²) >= 11 is 0. The van der Waals surface area contributed by atoms with Crippen molar-refractivity contribution < 1.29 is 9.53 Å². The predicted octanol–water partition coefficient (Wildman–Crippen LogP) is 1.64. The van der Waals surface area contributed by atoms with Crippen molar-refractivity contribution in [2.24, 2.45) is 5.41 Å². The van der Waals surface area contributed by atoms with Crippen molar-refractivity contribution >= 4 is 11.8 Å². The fourth-order valence-electron chi connectivity index (χ4n) is 2.35. The van der Waals surface area contributed by atoms with Crippen LogP contribution in [0.4, 0.5) is 10.6 Å². The smallest absolute Gasteiger partial charge is 0.336 e. The van der Waals surface area contributed by atoms with Gasteiger partial charge in [-0.3, -0.25) is 10.9 Å². The number of carbonyl (C=O) groups is 1. The van der Waals surface area contributed by atoms with E-state index < -0.39 is 0 Å². The zero-order valence-corrected chi connectivity index (χ0v) is 12.1. The summed E-state index contributed by atoms with van der Waals surface area (Å²) in [6.45, 7) is 5.86. The molecule has 110 valence electrons. The molecule has 0 aromatic carbocycles. The van der Waals surface area contributed by atoms with Crippen molar-refractivity contribution in [3.63, 3.8) is 0 Å². The Labute approximate surface area is 118 Å². The number of urea groups is 1. The average molecular weight is 279 g/mol. The first-order valence-corrected chi connectivity index (χ1v) is 6.68. The number of hydrogen-bond donors (Lipinski definition) is 2. The summed E-state index contributed by atoms with van der Waals surface area (Å²) in [4.78, 5) is 22.0. The summed E-state index contributed by atoms with van der Waals surface area (Å²) in [6.07, 6.45) is 5.22. The number of aromatic nitrogens is 2. The Morgan fingerprint density at radius 1 is 1.40 bits per heavy atom. The number of methoxy groups -OCH3 is 1. The van der Waals surface area contributed by atoms with Crippen LogP contribution in [0.5, 0.6) is 5.88 Å². The van der Waals surface area contributed by atoms with Gasteiger partial charge in [0.05, 0.1) is 7.11 Å². The monoisotopic (exact) mass is 279 g/mol. The van der Waals surface area contributed by atoms with Gasteiger partial charge in [0.2, 0.25) is 5.82 Å². The van der Waals surface area contributed by atoms with Crippen LogP contribution in [0, 0.1) is 5.41 Å². The van der Waals surface area contributed by atoms with Crippen molar-refractivity contribution in [2.75, 3.05) is 25.6 Å². The lowest BCUT2D eigenvalue weighted by atomic mass is 9.84. The molecule has 0 unspecified atom stereocenters. The van der Waals surface area contributed by atoms with E-state index in [0.29, 0.717) is 11.7 Å². The molecule has 0 bridgehead atoms. The van der Waals surface area contributed by atoms with E-state index in [9.17, 15) is 4.79 Å². The molecule has 0 saturated carbocycles. The lowest BCUT2D eigenvalue weighted by molar-refractivity contribution is 0.130. The second kappa shape index (κ2) is 5.94. The predicted molar refractivity (Wildman–Crippen MR) is 75.3 cm³/mol. The molecule has 0 radical (unpaired) electrons. The van der Waals surface area contributed by atoms with E-state index in [-0.39, 0.29) is 11.4 Å². The van der Waals surface area contributed by atoms with Crippen molar-refractivity contribution in [1.29, 1.82) is 0 Å². The van der Waals surface area contributed by atoms with Crippen LogP contribution < -0.4 is 15.6 Å². The molecular formula is C13H21N5O2. The zero-order chi connectivity index (χ0) is 14.6. The quantitative estimate of drug-likeness (QED) is 0.822. The van der Waals surface area contributed by atoms with Gasteiger partial charge < -0.3 is 9.64 Å². The van der Waals surface area contributed by atoms with Gasteiger partial charge in [0.15, 0.2) is 0 Å². The molecule has 0 aliphatic carbocycles. The maximum atomic E-state index is 12.1. The molecule has 2 N–H and O–H groups in total. The first-order valence-electron chi connectivity index (χ1n) is 6.68. The Morgan fingerprint density at radius 2 is 2.15 bits per heavy atom. The third-order valence-electron chi connectivity index (χ3n) is 3.33. The summed E-state index contributed by atoms with van der Waals surface area (Å²) in [6, 6.07) is -0.162. The number of rotatable bonds is 3. The van der Waals surface area contributed by atoms with Crippen LogP contribution in [0.25, 0.3) is 0 Å². The number of carbonyl (C=O) groups excluding carboxylic acids is 1.